The van der Waals surface area contributed by atoms with Gasteiger partial charge in [0.25, 0.3) is 0 Å². The number of carbonyl (C=O) groups is 2. The first-order valence-electron chi connectivity index (χ1n) is 16.4. The quantitative estimate of drug-likeness (QED) is 0.205. The van der Waals surface area contributed by atoms with Crippen LogP contribution in [0.25, 0.3) is 11.1 Å². The highest BCUT2D eigenvalue weighted by molar-refractivity contribution is 6.35. The van der Waals surface area contributed by atoms with E-state index in [-0.39, 0.29) is 18.7 Å². The Morgan fingerprint density at radius 1 is 0.857 bits per heavy atom. The molecule has 0 saturated carbocycles. The monoisotopic (exact) mass is 714 g/mol. The van der Waals surface area contributed by atoms with Gasteiger partial charge in [-0.25, -0.2) is 14.6 Å². The number of pyridine rings is 1. The van der Waals surface area contributed by atoms with Gasteiger partial charge in [0.05, 0.1) is 12.8 Å². The summed E-state index contributed by atoms with van der Waals surface area (Å²) in [4.78, 5) is 35.9. The minimum Gasteiger partial charge on any atom is -0.456 e. The first-order chi connectivity index (χ1) is 23.0. The van der Waals surface area contributed by atoms with Crippen molar-refractivity contribution in [2.75, 3.05) is 45.3 Å². The van der Waals surface area contributed by atoms with E-state index in [0.717, 1.165) is 48.4 Å². The predicted octanol–water partition coefficient (Wildman–Crippen LogP) is 9.07. The summed E-state index contributed by atoms with van der Waals surface area (Å²) >= 11 is 12.7. The number of carbonyl (C=O) groups excluding carboxylic acids is 2. The number of rotatable bonds is 10. The summed E-state index contributed by atoms with van der Waals surface area (Å²) in [5, 5.41) is 1.01. The van der Waals surface area contributed by atoms with E-state index < -0.39 is 17.3 Å². The van der Waals surface area contributed by atoms with Crippen LogP contribution in [-0.4, -0.2) is 84.6 Å². The number of nitrogens with zero attached hydrogens (tertiary/aromatic N) is 4. The zero-order valence-electron chi connectivity index (χ0n) is 29.7. The molecule has 0 spiro atoms. The van der Waals surface area contributed by atoms with Crippen LogP contribution in [0, 0.1) is 0 Å². The largest absolute Gasteiger partial charge is 0.456 e. The van der Waals surface area contributed by atoms with Crippen molar-refractivity contribution in [1.82, 2.24) is 14.8 Å². The van der Waals surface area contributed by atoms with Crippen LogP contribution in [0.3, 0.4) is 0 Å². The van der Waals surface area contributed by atoms with Gasteiger partial charge >= 0.3 is 12.2 Å². The van der Waals surface area contributed by atoms with Crippen molar-refractivity contribution in [2.45, 2.75) is 78.2 Å². The number of halogens is 2. The number of anilines is 1. The van der Waals surface area contributed by atoms with E-state index in [1.165, 1.54) is 0 Å². The standard InChI is InChI=1S/C37H48Cl2N4O6/c1-36(2,3)48-34(44)41(7)30-11-13-42(14-12-30)33-10-9-31(23-40-33)47-32-18-25(17-26(21-32)27-19-28(38)22-29(39)20-27)24-43(15-16-46-8)35(45)49-37(4,5)6/h9-10,17-23,30H,11-16,24H2,1-8H3. The third-order valence-corrected chi connectivity index (χ3v) is 8.16. The van der Waals surface area contributed by atoms with E-state index in [1.807, 2.05) is 84.0 Å². The lowest BCUT2D eigenvalue weighted by Gasteiger charge is -2.37. The summed E-state index contributed by atoms with van der Waals surface area (Å²) in [7, 11) is 3.39. The predicted molar refractivity (Wildman–Crippen MR) is 194 cm³/mol. The molecular weight excluding hydrogens is 667 g/mol. The SMILES string of the molecule is COCCN(Cc1cc(Oc2ccc(N3CCC(N(C)C(=O)OC(C)(C)C)CC3)nc2)cc(-c2cc(Cl)cc(Cl)c2)c1)C(=O)OC(C)(C)C. The molecule has 1 aromatic heterocycles. The smallest absolute Gasteiger partial charge is 0.410 e. The minimum absolute atomic E-state index is 0.102. The number of piperidine rings is 1. The van der Waals surface area contributed by atoms with Crippen LogP contribution in [0.5, 0.6) is 11.5 Å². The Labute approximate surface area is 300 Å². The van der Waals surface area contributed by atoms with Crippen molar-refractivity contribution < 1.29 is 28.5 Å². The molecule has 0 N–H and O–H groups in total. The number of methoxy groups -OCH3 is 1. The van der Waals surface area contributed by atoms with Gasteiger partial charge in [-0.15, -0.1) is 0 Å². The summed E-state index contributed by atoms with van der Waals surface area (Å²) < 4.78 is 22.8. The Hall–Kier alpha value is -3.73. The van der Waals surface area contributed by atoms with Gasteiger partial charge in [0.1, 0.15) is 28.5 Å². The molecule has 0 atom stereocenters. The first kappa shape index (κ1) is 38.1. The Bertz CT molecular complexity index is 1560. The number of hydrogen-bond donors (Lipinski definition) is 0. The Morgan fingerprint density at radius 2 is 1.47 bits per heavy atom. The highest BCUT2D eigenvalue weighted by Gasteiger charge is 2.29. The molecule has 266 valence electrons. The lowest BCUT2D eigenvalue weighted by molar-refractivity contribution is 0.0179. The number of ether oxygens (including phenoxy) is 4. The molecule has 0 radical (unpaired) electrons. The third-order valence-electron chi connectivity index (χ3n) is 7.73. The van der Waals surface area contributed by atoms with Gasteiger partial charge in [-0.05, 0) is 120 Å². The van der Waals surface area contributed by atoms with Crippen molar-refractivity contribution >= 4 is 41.2 Å². The second kappa shape index (κ2) is 16.3. The van der Waals surface area contributed by atoms with Crippen molar-refractivity contribution in [3.63, 3.8) is 0 Å². The molecule has 1 aliphatic rings. The summed E-state index contributed by atoms with van der Waals surface area (Å²) in [6.07, 6.45) is 2.57. The lowest BCUT2D eigenvalue weighted by atomic mass is 10.0. The number of aromatic nitrogens is 1. The maximum absolute atomic E-state index is 13.1. The fourth-order valence-corrected chi connectivity index (χ4v) is 5.93. The number of amides is 2. The summed E-state index contributed by atoms with van der Waals surface area (Å²) in [6.45, 7) is 13.6. The average Bonchev–Trinajstić information content (AvgIpc) is 3.01. The normalized spacial score (nSPS) is 14.0. The topological polar surface area (TPSA) is 93.7 Å². The number of benzene rings is 2. The molecule has 12 heteroatoms. The van der Waals surface area contributed by atoms with Crippen LogP contribution in [0.2, 0.25) is 10.0 Å². The Balaban J connectivity index is 1.52. The zero-order valence-corrected chi connectivity index (χ0v) is 31.2. The summed E-state index contributed by atoms with van der Waals surface area (Å²) in [5.41, 5.74) is 1.25. The maximum Gasteiger partial charge on any atom is 0.410 e. The molecule has 2 heterocycles. The minimum atomic E-state index is -0.651. The Morgan fingerprint density at radius 3 is 2.04 bits per heavy atom. The molecule has 4 rings (SSSR count). The first-order valence-corrected chi connectivity index (χ1v) is 17.2. The van der Waals surface area contributed by atoms with Gasteiger partial charge in [-0.1, -0.05) is 23.2 Å². The van der Waals surface area contributed by atoms with E-state index in [9.17, 15) is 9.59 Å². The van der Waals surface area contributed by atoms with Gasteiger partial charge in [-0.2, -0.15) is 0 Å². The second-order valence-electron chi connectivity index (χ2n) is 14.2. The highest BCUT2D eigenvalue weighted by atomic mass is 35.5. The maximum atomic E-state index is 13.1. The molecule has 1 saturated heterocycles. The van der Waals surface area contributed by atoms with Gasteiger partial charge in [0.2, 0.25) is 0 Å². The molecule has 0 bridgehead atoms. The van der Waals surface area contributed by atoms with Crippen molar-refractivity contribution in [1.29, 1.82) is 0 Å². The fraction of sp³-hybridized carbons (Fsp3) is 0.486. The van der Waals surface area contributed by atoms with Crippen LogP contribution in [0.4, 0.5) is 15.4 Å². The van der Waals surface area contributed by atoms with Crippen LogP contribution < -0.4 is 9.64 Å². The molecule has 10 nitrogen and oxygen atoms in total. The van der Waals surface area contributed by atoms with Crippen LogP contribution in [0.15, 0.2) is 54.7 Å². The van der Waals surface area contributed by atoms with Gasteiger partial charge in [0.15, 0.2) is 0 Å². The third kappa shape index (κ3) is 11.7. The van der Waals surface area contributed by atoms with E-state index in [0.29, 0.717) is 34.7 Å². The van der Waals surface area contributed by atoms with Crippen LogP contribution >= 0.6 is 23.2 Å². The van der Waals surface area contributed by atoms with Crippen molar-refractivity contribution in [2.24, 2.45) is 0 Å². The Kier molecular flexibility index (Phi) is 12.7. The van der Waals surface area contributed by atoms with Gasteiger partial charge < -0.3 is 33.6 Å². The van der Waals surface area contributed by atoms with Crippen molar-refractivity contribution in [3.05, 3.63) is 70.3 Å². The zero-order chi connectivity index (χ0) is 35.9. The highest BCUT2D eigenvalue weighted by Crippen LogP contribution is 2.33. The summed E-state index contributed by atoms with van der Waals surface area (Å²) in [6, 6.07) is 15.0. The van der Waals surface area contributed by atoms with E-state index in [2.05, 4.69) is 4.90 Å². The molecule has 3 aromatic rings. The molecule has 1 aliphatic heterocycles. The second-order valence-corrected chi connectivity index (χ2v) is 15.1. The van der Waals surface area contributed by atoms with Crippen molar-refractivity contribution in [3.8, 4) is 22.6 Å². The van der Waals surface area contributed by atoms with Gasteiger partial charge in [-0.3, -0.25) is 0 Å². The van der Waals surface area contributed by atoms with E-state index in [1.54, 1.807) is 36.2 Å². The van der Waals surface area contributed by atoms with Gasteiger partial charge in [0, 0.05) is 56.4 Å². The fourth-order valence-electron chi connectivity index (χ4n) is 5.40. The molecule has 1 fully saturated rings. The molecule has 0 aliphatic carbocycles. The molecule has 2 amide bonds. The average molecular weight is 716 g/mol. The molecule has 0 unspecified atom stereocenters. The molecular formula is C37H48Cl2N4O6. The van der Waals surface area contributed by atoms with Crippen LogP contribution in [-0.2, 0) is 20.8 Å². The lowest BCUT2D eigenvalue weighted by Crippen LogP contribution is -2.47. The number of hydrogen-bond acceptors (Lipinski definition) is 8. The van der Waals surface area contributed by atoms with E-state index in [4.69, 9.17) is 47.1 Å². The van der Waals surface area contributed by atoms with Crippen LogP contribution in [0.1, 0.15) is 59.9 Å². The molecule has 49 heavy (non-hydrogen) atoms. The summed E-state index contributed by atoms with van der Waals surface area (Å²) in [5.74, 6) is 1.94. The van der Waals surface area contributed by atoms with E-state index >= 15 is 0 Å². The molecule has 2 aromatic carbocycles.